The first-order valence-corrected chi connectivity index (χ1v) is 3.96. The molecule has 0 aliphatic heterocycles. The maximum atomic E-state index is 11.4. The molecule has 82 valence electrons. The molecule has 0 radical (unpaired) electrons. The summed E-state index contributed by atoms with van der Waals surface area (Å²) < 4.78 is 10.9. The van der Waals surface area contributed by atoms with Crippen LogP contribution in [0.3, 0.4) is 0 Å². The lowest BCUT2D eigenvalue weighted by molar-refractivity contribution is -0.134. The highest BCUT2D eigenvalue weighted by Gasteiger charge is 2.03. The monoisotopic (exact) mass is 214 g/mol. The second kappa shape index (κ2) is 5.05. The van der Waals surface area contributed by atoms with Gasteiger partial charge in [0.25, 0.3) is 0 Å². The molecule has 0 amide bonds. The zero-order valence-electron chi connectivity index (χ0n) is 8.28. The lowest BCUT2D eigenvalue weighted by Crippen LogP contribution is -2.23. The van der Waals surface area contributed by atoms with E-state index in [9.17, 15) is 9.59 Å². The number of methoxy groups -OCH3 is 2. The molecule has 0 atom stereocenters. The Kier molecular flexibility index (Phi) is 3.75. The van der Waals surface area contributed by atoms with E-state index in [1.807, 2.05) is 0 Å². The third kappa shape index (κ3) is 2.74. The standard InChI is InChI=1S/C7H10N4O4/c1-14-5-11-7(13)10(8-9-11)4-3-6(12)15-2/h3-4H,5H2,1-2H3/b4-3-. The number of carbonyl (C=O) groups is 1. The topological polar surface area (TPSA) is 88.2 Å². The Hall–Kier alpha value is -1.96. The van der Waals surface area contributed by atoms with Crippen LogP contribution < -0.4 is 5.69 Å². The Morgan fingerprint density at radius 2 is 2.20 bits per heavy atom. The van der Waals surface area contributed by atoms with Crippen molar-refractivity contribution in [1.29, 1.82) is 0 Å². The molecule has 1 rings (SSSR count). The van der Waals surface area contributed by atoms with Gasteiger partial charge in [-0.15, -0.1) is 0 Å². The Morgan fingerprint density at radius 3 is 2.80 bits per heavy atom. The van der Waals surface area contributed by atoms with Crippen LogP contribution in [-0.2, 0) is 21.0 Å². The molecule has 0 unspecified atom stereocenters. The van der Waals surface area contributed by atoms with Crippen molar-refractivity contribution in [3.63, 3.8) is 0 Å². The molecule has 0 aliphatic carbocycles. The minimum absolute atomic E-state index is 0.00486. The third-order valence-corrected chi connectivity index (χ3v) is 1.47. The van der Waals surface area contributed by atoms with Gasteiger partial charge >= 0.3 is 11.7 Å². The lowest BCUT2D eigenvalue weighted by atomic mass is 10.6. The average Bonchev–Trinajstić information content (AvgIpc) is 2.58. The van der Waals surface area contributed by atoms with E-state index >= 15 is 0 Å². The van der Waals surface area contributed by atoms with Gasteiger partial charge in [0.05, 0.1) is 7.11 Å². The van der Waals surface area contributed by atoms with Crippen molar-refractivity contribution in [1.82, 2.24) is 19.8 Å². The van der Waals surface area contributed by atoms with Gasteiger partial charge in [0, 0.05) is 19.4 Å². The fraction of sp³-hybridized carbons (Fsp3) is 0.429. The van der Waals surface area contributed by atoms with E-state index in [-0.39, 0.29) is 6.73 Å². The molecule has 0 fully saturated rings. The first-order valence-electron chi connectivity index (χ1n) is 3.96. The number of nitrogens with zero attached hydrogens (tertiary/aromatic N) is 4. The molecule has 15 heavy (non-hydrogen) atoms. The summed E-state index contributed by atoms with van der Waals surface area (Å²) in [7, 11) is 2.66. The van der Waals surface area contributed by atoms with Crippen LogP contribution in [0.1, 0.15) is 0 Å². The minimum Gasteiger partial charge on any atom is -0.466 e. The number of carbonyl (C=O) groups excluding carboxylic acids is 1. The van der Waals surface area contributed by atoms with Crippen LogP contribution in [0.15, 0.2) is 10.9 Å². The van der Waals surface area contributed by atoms with Crippen molar-refractivity contribution in [3.05, 3.63) is 16.6 Å². The summed E-state index contributed by atoms with van der Waals surface area (Å²) in [6.45, 7) is 0.00486. The molecular formula is C7H10N4O4. The van der Waals surface area contributed by atoms with Gasteiger partial charge in [0.1, 0.15) is 6.73 Å². The van der Waals surface area contributed by atoms with Gasteiger partial charge in [-0.1, -0.05) is 0 Å². The molecule has 0 aliphatic rings. The smallest absolute Gasteiger partial charge is 0.370 e. The fourth-order valence-electron chi connectivity index (χ4n) is 0.783. The van der Waals surface area contributed by atoms with Crippen molar-refractivity contribution < 1.29 is 14.3 Å². The highest BCUT2D eigenvalue weighted by Crippen LogP contribution is 1.81. The van der Waals surface area contributed by atoms with E-state index in [2.05, 4.69) is 15.2 Å². The summed E-state index contributed by atoms with van der Waals surface area (Å²) in [5.74, 6) is -0.580. The SMILES string of the molecule is COCn1nnn(/C=C\C(=O)OC)c1=O. The highest BCUT2D eigenvalue weighted by atomic mass is 16.5. The van der Waals surface area contributed by atoms with Crippen LogP contribution in [0.4, 0.5) is 0 Å². The van der Waals surface area contributed by atoms with Crippen LogP contribution in [0, 0.1) is 0 Å². The first-order chi connectivity index (χ1) is 7.19. The predicted octanol–water partition coefficient (Wildman–Crippen LogP) is -1.31. The van der Waals surface area contributed by atoms with Crippen LogP contribution in [0.25, 0.3) is 6.20 Å². The minimum atomic E-state index is -0.580. The van der Waals surface area contributed by atoms with E-state index in [0.717, 1.165) is 21.6 Å². The zero-order chi connectivity index (χ0) is 11.3. The normalized spacial score (nSPS) is 10.8. The maximum Gasteiger partial charge on any atom is 0.370 e. The number of ether oxygens (including phenoxy) is 2. The van der Waals surface area contributed by atoms with Crippen molar-refractivity contribution in [2.45, 2.75) is 6.73 Å². The fourth-order valence-corrected chi connectivity index (χ4v) is 0.783. The summed E-state index contributed by atoms with van der Waals surface area (Å²) in [5, 5.41) is 6.98. The molecule has 0 saturated heterocycles. The van der Waals surface area contributed by atoms with Gasteiger partial charge in [-0.2, -0.15) is 9.36 Å². The number of aromatic nitrogens is 4. The van der Waals surface area contributed by atoms with Gasteiger partial charge < -0.3 is 9.47 Å². The largest absolute Gasteiger partial charge is 0.466 e. The second-order valence-corrected chi connectivity index (χ2v) is 2.46. The van der Waals surface area contributed by atoms with Crippen LogP contribution in [0.2, 0.25) is 0 Å². The number of esters is 1. The first kappa shape index (κ1) is 11.1. The van der Waals surface area contributed by atoms with E-state index in [0.29, 0.717) is 0 Å². The summed E-state index contributed by atoms with van der Waals surface area (Å²) in [6, 6.07) is 0. The van der Waals surface area contributed by atoms with Crippen LogP contribution >= 0.6 is 0 Å². The van der Waals surface area contributed by atoms with Gasteiger partial charge in [-0.25, -0.2) is 9.59 Å². The van der Waals surface area contributed by atoms with Gasteiger partial charge in [-0.3, -0.25) is 0 Å². The number of hydrogen-bond donors (Lipinski definition) is 0. The number of tetrazole rings is 1. The zero-order valence-corrected chi connectivity index (χ0v) is 8.28. The Labute approximate surface area is 84.7 Å². The Morgan fingerprint density at radius 1 is 1.47 bits per heavy atom. The molecule has 8 nitrogen and oxygen atoms in total. The van der Waals surface area contributed by atoms with Crippen molar-refractivity contribution in [3.8, 4) is 0 Å². The Bertz CT molecular complexity index is 419. The number of hydrogen-bond acceptors (Lipinski definition) is 6. The molecule has 1 heterocycles. The summed E-state index contributed by atoms with van der Waals surface area (Å²) in [4.78, 5) is 22.1. The van der Waals surface area contributed by atoms with E-state index in [1.165, 1.54) is 14.2 Å². The van der Waals surface area contributed by atoms with Crippen molar-refractivity contribution in [2.75, 3.05) is 14.2 Å². The van der Waals surface area contributed by atoms with E-state index in [4.69, 9.17) is 4.74 Å². The number of rotatable bonds is 4. The summed E-state index contributed by atoms with van der Waals surface area (Å²) in [6.07, 6.45) is 2.22. The van der Waals surface area contributed by atoms with Gasteiger partial charge in [0.2, 0.25) is 0 Å². The Balaban J connectivity index is 2.83. The molecule has 0 bridgehead atoms. The molecule has 1 aromatic heterocycles. The summed E-state index contributed by atoms with van der Waals surface area (Å²) in [5.41, 5.74) is -0.503. The van der Waals surface area contributed by atoms with Crippen molar-refractivity contribution >= 4 is 12.2 Å². The highest BCUT2D eigenvalue weighted by molar-refractivity contribution is 5.84. The quantitative estimate of drug-likeness (QED) is 0.456. The maximum absolute atomic E-state index is 11.4. The molecule has 0 aromatic carbocycles. The lowest BCUT2D eigenvalue weighted by Gasteiger charge is -1.92. The molecule has 8 heteroatoms. The van der Waals surface area contributed by atoms with Crippen molar-refractivity contribution in [2.24, 2.45) is 0 Å². The van der Waals surface area contributed by atoms with Gasteiger partial charge in [0.15, 0.2) is 0 Å². The molecule has 0 N–H and O–H groups in total. The second-order valence-electron chi connectivity index (χ2n) is 2.46. The molecular weight excluding hydrogens is 204 g/mol. The average molecular weight is 214 g/mol. The molecule has 0 spiro atoms. The van der Waals surface area contributed by atoms with E-state index in [1.54, 1.807) is 0 Å². The van der Waals surface area contributed by atoms with Crippen LogP contribution in [-0.4, -0.2) is 40.0 Å². The van der Waals surface area contributed by atoms with Crippen LogP contribution in [0.5, 0.6) is 0 Å². The van der Waals surface area contributed by atoms with E-state index < -0.39 is 11.7 Å². The summed E-state index contributed by atoms with van der Waals surface area (Å²) >= 11 is 0. The molecule has 1 aromatic rings. The third-order valence-electron chi connectivity index (χ3n) is 1.47. The molecule has 0 saturated carbocycles. The van der Waals surface area contributed by atoms with Gasteiger partial charge in [-0.05, 0) is 10.4 Å². The predicted molar refractivity (Wildman–Crippen MR) is 48.6 cm³/mol.